The summed E-state index contributed by atoms with van der Waals surface area (Å²) in [5.41, 5.74) is 0.745. The normalized spacial score (nSPS) is 12.2. The SMILES string of the molecule is CCC(C(=O)Nc1nn(Cc2cccc(F)c2)cc1Cl)n1cc(Br)cn1. The number of aromatic nitrogens is 4. The van der Waals surface area contributed by atoms with Gasteiger partial charge in [-0.05, 0) is 40.0 Å². The number of hydrogen-bond donors (Lipinski definition) is 1. The molecule has 0 spiro atoms. The summed E-state index contributed by atoms with van der Waals surface area (Å²) in [7, 11) is 0. The predicted octanol–water partition coefficient (Wildman–Crippen LogP) is 4.27. The molecule has 1 atom stereocenters. The molecule has 0 bridgehead atoms. The molecular formula is C17H16BrClFN5O. The fourth-order valence-corrected chi connectivity index (χ4v) is 3.06. The Morgan fingerprint density at radius 1 is 1.42 bits per heavy atom. The van der Waals surface area contributed by atoms with E-state index in [0.29, 0.717) is 18.0 Å². The van der Waals surface area contributed by atoms with Crippen LogP contribution in [0, 0.1) is 5.82 Å². The standard InChI is InChI=1S/C17H16BrClFN5O/c1-2-15(25-9-12(18)7-21-25)17(26)22-16-14(19)10-24(23-16)8-11-4-3-5-13(20)6-11/h3-7,9-10,15H,2,8H2,1H3,(H,22,23,26). The van der Waals surface area contributed by atoms with Gasteiger partial charge in [-0.3, -0.25) is 14.2 Å². The van der Waals surface area contributed by atoms with Gasteiger partial charge in [0.05, 0.1) is 17.2 Å². The van der Waals surface area contributed by atoms with Crippen LogP contribution in [0.25, 0.3) is 0 Å². The first-order valence-electron chi connectivity index (χ1n) is 7.94. The van der Waals surface area contributed by atoms with Gasteiger partial charge in [0.2, 0.25) is 5.91 Å². The van der Waals surface area contributed by atoms with Crippen LogP contribution in [0.3, 0.4) is 0 Å². The Balaban J connectivity index is 1.73. The van der Waals surface area contributed by atoms with E-state index in [1.54, 1.807) is 40.1 Å². The van der Waals surface area contributed by atoms with Crippen molar-refractivity contribution in [1.82, 2.24) is 19.6 Å². The van der Waals surface area contributed by atoms with Crippen molar-refractivity contribution in [3.05, 3.63) is 63.7 Å². The summed E-state index contributed by atoms with van der Waals surface area (Å²) >= 11 is 9.50. The monoisotopic (exact) mass is 439 g/mol. The zero-order chi connectivity index (χ0) is 18.7. The van der Waals surface area contributed by atoms with Crippen LogP contribution in [-0.4, -0.2) is 25.5 Å². The largest absolute Gasteiger partial charge is 0.306 e. The Hall–Kier alpha value is -2.19. The van der Waals surface area contributed by atoms with E-state index in [9.17, 15) is 9.18 Å². The van der Waals surface area contributed by atoms with E-state index < -0.39 is 6.04 Å². The molecule has 0 radical (unpaired) electrons. The highest BCUT2D eigenvalue weighted by Crippen LogP contribution is 2.23. The zero-order valence-corrected chi connectivity index (χ0v) is 16.2. The fourth-order valence-electron chi connectivity index (χ4n) is 2.56. The third-order valence-electron chi connectivity index (χ3n) is 3.77. The number of nitrogens with one attached hydrogen (secondary N) is 1. The average molecular weight is 441 g/mol. The Morgan fingerprint density at radius 3 is 2.88 bits per heavy atom. The molecule has 1 unspecified atom stereocenters. The molecule has 6 nitrogen and oxygen atoms in total. The van der Waals surface area contributed by atoms with Gasteiger partial charge in [-0.2, -0.15) is 10.2 Å². The van der Waals surface area contributed by atoms with Gasteiger partial charge in [0.25, 0.3) is 0 Å². The third-order valence-corrected chi connectivity index (χ3v) is 4.46. The number of amides is 1. The molecule has 0 aliphatic carbocycles. The summed E-state index contributed by atoms with van der Waals surface area (Å²) in [5.74, 6) is -0.316. The molecule has 0 saturated heterocycles. The molecular weight excluding hydrogens is 425 g/mol. The van der Waals surface area contributed by atoms with E-state index in [1.165, 1.54) is 12.1 Å². The molecule has 0 saturated carbocycles. The lowest BCUT2D eigenvalue weighted by atomic mass is 10.2. The first-order chi connectivity index (χ1) is 12.5. The van der Waals surface area contributed by atoms with Crippen molar-refractivity contribution in [1.29, 1.82) is 0 Å². The zero-order valence-electron chi connectivity index (χ0n) is 13.9. The number of carbonyl (C=O) groups excluding carboxylic acids is 1. The summed E-state index contributed by atoms with van der Waals surface area (Å²) in [6.45, 7) is 2.24. The Bertz CT molecular complexity index is 926. The highest BCUT2D eigenvalue weighted by molar-refractivity contribution is 9.10. The number of anilines is 1. The first-order valence-corrected chi connectivity index (χ1v) is 9.11. The number of hydrogen-bond acceptors (Lipinski definition) is 3. The molecule has 1 N–H and O–H groups in total. The molecule has 3 aromatic rings. The summed E-state index contributed by atoms with van der Waals surface area (Å²) in [6, 6.07) is 5.75. The van der Waals surface area contributed by atoms with Gasteiger partial charge in [0.1, 0.15) is 16.9 Å². The van der Waals surface area contributed by atoms with Crippen LogP contribution in [0.15, 0.2) is 47.3 Å². The summed E-state index contributed by atoms with van der Waals surface area (Å²) < 4.78 is 17.2. The fraction of sp³-hybridized carbons (Fsp3) is 0.235. The van der Waals surface area contributed by atoms with E-state index in [1.807, 2.05) is 6.92 Å². The van der Waals surface area contributed by atoms with Crippen molar-refractivity contribution in [2.45, 2.75) is 25.9 Å². The molecule has 0 aliphatic heterocycles. The quantitative estimate of drug-likeness (QED) is 0.622. The minimum Gasteiger partial charge on any atom is -0.306 e. The van der Waals surface area contributed by atoms with Crippen LogP contribution in [0.4, 0.5) is 10.2 Å². The second kappa shape index (κ2) is 8.01. The average Bonchev–Trinajstić information content (AvgIpc) is 3.14. The third kappa shape index (κ3) is 4.31. The highest BCUT2D eigenvalue weighted by Gasteiger charge is 2.21. The number of rotatable bonds is 6. The molecule has 0 fully saturated rings. The molecule has 136 valence electrons. The minimum absolute atomic E-state index is 0.262. The first kappa shape index (κ1) is 18.6. The van der Waals surface area contributed by atoms with Crippen molar-refractivity contribution >= 4 is 39.3 Å². The maximum absolute atomic E-state index is 13.3. The van der Waals surface area contributed by atoms with E-state index in [2.05, 4.69) is 31.4 Å². The predicted molar refractivity (Wildman–Crippen MR) is 101 cm³/mol. The Morgan fingerprint density at radius 2 is 2.23 bits per heavy atom. The van der Waals surface area contributed by atoms with Crippen LogP contribution in [0.1, 0.15) is 24.9 Å². The molecule has 3 rings (SSSR count). The van der Waals surface area contributed by atoms with Crippen LogP contribution in [0.2, 0.25) is 5.02 Å². The maximum Gasteiger partial charge on any atom is 0.250 e. The molecule has 2 aromatic heterocycles. The number of halogens is 3. The second-order valence-electron chi connectivity index (χ2n) is 5.71. The summed E-state index contributed by atoms with van der Waals surface area (Å²) in [4.78, 5) is 12.6. The van der Waals surface area contributed by atoms with Crippen molar-refractivity contribution < 1.29 is 9.18 Å². The lowest BCUT2D eigenvalue weighted by molar-refractivity contribution is -0.119. The highest BCUT2D eigenvalue weighted by atomic mass is 79.9. The second-order valence-corrected chi connectivity index (χ2v) is 7.03. The molecule has 0 aliphatic rings. The number of carbonyl (C=O) groups is 1. The summed E-state index contributed by atoms with van der Waals surface area (Å²) in [6.07, 6.45) is 5.50. The smallest absolute Gasteiger partial charge is 0.250 e. The van der Waals surface area contributed by atoms with Crippen molar-refractivity contribution in [2.24, 2.45) is 0 Å². The number of benzene rings is 1. The van der Waals surface area contributed by atoms with Crippen molar-refractivity contribution in [3.8, 4) is 0 Å². The van der Waals surface area contributed by atoms with Gasteiger partial charge in [-0.25, -0.2) is 4.39 Å². The van der Waals surface area contributed by atoms with Gasteiger partial charge in [-0.1, -0.05) is 30.7 Å². The van der Waals surface area contributed by atoms with Gasteiger partial charge >= 0.3 is 0 Å². The molecule has 26 heavy (non-hydrogen) atoms. The van der Waals surface area contributed by atoms with Gasteiger partial charge in [0, 0.05) is 12.4 Å². The van der Waals surface area contributed by atoms with Gasteiger partial charge < -0.3 is 5.32 Å². The minimum atomic E-state index is -0.481. The lowest BCUT2D eigenvalue weighted by Crippen LogP contribution is -2.26. The van der Waals surface area contributed by atoms with Gasteiger partial charge in [0.15, 0.2) is 5.82 Å². The van der Waals surface area contributed by atoms with Crippen molar-refractivity contribution in [3.63, 3.8) is 0 Å². The topological polar surface area (TPSA) is 64.7 Å². The van der Waals surface area contributed by atoms with E-state index >= 15 is 0 Å². The number of nitrogens with zero attached hydrogens (tertiary/aromatic N) is 4. The molecule has 9 heteroatoms. The van der Waals surface area contributed by atoms with E-state index in [-0.39, 0.29) is 17.5 Å². The van der Waals surface area contributed by atoms with Crippen LogP contribution in [-0.2, 0) is 11.3 Å². The molecule has 2 heterocycles. The molecule has 1 amide bonds. The van der Waals surface area contributed by atoms with Gasteiger partial charge in [-0.15, -0.1) is 0 Å². The Labute approximate surface area is 163 Å². The maximum atomic E-state index is 13.3. The molecule has 1 aromatic carbocycles. The lowest BCUT2D eigenvalue weighted by Gasteiger charge is -2.14. The van der Waals surface area contributed by atoms with E-state index in [4.69, 9.17) is 11.6 Å². The van der Waals surface area contributed by atoms with Crippen LogP contribution < -0.4 is 5.32 Å². The van der Waals surface area contributed by atoms with Crippen LogP contribution >= 0.6 is 27.5 Å². The van der Waals surface area contributed by atoms with E-state index in [0.717, 1.165) is 10.0 Å². The van der Waals surface area contributed by atoms with Crippen LogP contribution in [0.5, 0.6) is 0 Å². The Kier molecular flexibility index (Phi) is 5.73. The summed E-state index contributed by atoms with van der Waals surface area (Å²) in [5, 5.41) is 11.5. The van der Waals surface area contributed by atoms with Crippen molar-refractivity contribution in [2.75, 3.05) is 5.32 Å².